The molecule has 0 aromatic heterocycles. The van der Waals surface area contributed by atoms with E-state index in [0.29, 0.717) is 44.0 Å². The smallest absolute Gasteiger partial charge is 0.405 e. The number of piperidine rings is 1. The van der Waals surface area contributed by atoms with Gasteiger partial charge in [-0.2, -0.15) is 0 Å². The summed E-state index contributed by atoms with van der Waals surface area (Å²) in [5, 5.41) is 0. The molecule has 0 atom stereocenters. The molecule has 168 valence electrons. The number of ether oxygens (including phenoxy) is 1. The SMILES string of the molecule is CC(C)c1ccc(CC(=O)C2(N)CCN(Cc3ccccc3OC(F)(F)F)CC2)cc1. The Morgan fingerprint density at radius 2 is 1.71 bits per heavy atom. The van der Waals surface area contributed by atoms with Crippen LogP contribution in [0.25, 0.3) is 0 Å². The Morgan fingerprint density at radius 3 is 2.29 bits per heavy atom. The second kappa shape index (κ2) is 9.40. The fraction of sp³-hybridized carbons (Fsp3) is 0.458. The molecule has 0 saturated carbocycles. The summed E-state index contributed by atoms with van der Waals surface area (Å²) in [7, 11) is 0. The first-order valence-electron chi connectivity index (χ1n) is 10.5. The molecule has 1 aliphatic heterocycles. The highest BCUT2D eigenvalue weighted by Crippen LogP contribution is 2.29. The molecule has 31 heavy (non-hydrogen) atoms. The Balaban J connectivity index is 1.58. The van der Waals surface area contributed by atoms with E-state index >= 15 is 0 Å². The number of rotatable bonds is 7. The summed E-state index contributed by atoms with van der Waals surface area (Å²) in [6.45, 7) is 5.63. The zero-order valence-electron chi connectivity index (χ0n) is 17.9. The molecule has 0 unspecified atom stereocenters. The fourth-order valence-corrected chi connectivity index (χ4v) is 3.87. The molecule has 0 radical (unpaired) electrons. The highest BCUT2D eigenvalue weighted by molar-refractivity contribution is 5.90. The number of nitrogens with two attached hydrogens (primary N) is 1. The maximum absolute atomic E-state index is 12.9. The number of carbonyl (C=O) groups excluding carboxylic acids is 1. The average Bonchev–Trinajstić information content (AvgIpc) is 2.70. The minimum Gasteiger partial charge on any atom is -0.405 e. The highest BCUT2D eigenvalue weighted by Gasteiger charge is 2.37. The van der Waals surface area contributed by atoms with E-state index in [-0.39, 0.29) is 18.0 Å². The van der Waals surface area contributed by atoms with Gasteiger partial charge in [-0.05, 0) is 36.0 Å². The third kappa shape index (κ3) is 6.31. The summed E-state index contributed by atoms with van der Waals surface area (Å²) in [4.78, 5) is 14.9. The van der Waals surface area contributed by atoms with Gasteiger partial charge in [0.2, 0.25) is 0 Å². The Bertz CT molecular complexity index is 886. The van der Waals surface area contributed by atoms with Gasteiger partial charge in [-0.3, -0.25) is 9.69 Å². The van der Waals surface area contributed by atoms with Crippen LogP contribution in [0.2, 0.25) is 0 Å². The molecule has 7 heteroatoms. The predicted molar refractivity (Wildman–Crippen MR) is 114 cm³/mol. The van der Waals surface area contributed by atoms with Crippen molar-refractivity contribution in [3.05, 3.63) is 65.2 Å². The lowest BCUT2D eigenvalue weighted by Gasteiger charge is -2.38. The van der Waals surface area contributed by atoms with Gasteiger partial charge in [0, 0.05) is 31.6 Å². The monoisotopic (exact) mass is 434 g/mol. The van der Waals surface area contributed by atoms with E-state index in [2.05, 4.69) is 18.6 Å². The molecule has 1 heterocycles. The largest absolute Gasteiger partial charge is 0.573 e. The number of ketones is 1. The van der Waals surface area contributed by atoms with Gasteiger partial charge in [-0.25, -0.2) is 0 Å². The van der Waals surface area contributed by atoms with Crippen molar-refractivity contribution in [1.82, 2.24) is 4.90 Å². The number of benzene rings is 2. The fourth-order valence-electron chi connectivity index (χ4n) is 3.87. The van der Waals surface area contributed by atoms with E-state index in [1.54, 1.807) is 12.1 Å². The van der Waals surface area contributed by atoms with Crippen LogP contribution in [-0.4, -0.2) is 35.7 Å². The van der Waals surface area contributed by atoms with Crippen LogP contribution in [0.5, 0.6) is 5.75 Å². The van der Waals surface area contributed by atoms with Gasteiger partial charge in [-0.15, -0.1) is 13.2 Å². The van der Waals surface area contributed by atoms with Crippen molar-refractivity contribution in [3.8, 4) is 5.75 Å². The van der Waals surface area contributed by atoms with E-state index in [4.69, 9.17) is 5.73 Å². The molecule has 1 aliphatic rings. The quantitative estimate of drug-likeness (QED) is 0.679. The number of halogens is 3. The molecule has 2 N–H and O–H groups in total. The maximum Gasteiger partial charge on any atom is 0.573 e. The van der Waals surface area contributed by atoms with E-state index in [0.717, 1.165) is 5.56 Å². The number of alkyl halides is 3. The summed E-state index contributed by atoms with van der Waals surface area (Å²) in [5.41, 5.74) is 8.17. The van der Waals surface area contributed by atoms with Crippen LogP contribution in [0, 0.1) is 0 Å². The van der Waals surface area contributed by atoms with Crippen molar-refractivity contribution in [2.24, 2.45) is 5.73 Å². The summed E-state index contributed by atoms with van der Waals surface area (Å²) in [5.74, 6) is 0.243. The first kappa shape index (κ1) is 23.3. The third-order valence-corrected chi connectivity index (χ3v) is 5.91. The molecule has 3 rings (SSSR count). The molecule has 0 amide bonds. The normalized spacial score (nSPS) is 17.0. The Labute approximate surface area is 181 Å². The second-order valence-corrected chi connectivity index (χ2v) is 8.58. The summed E-state index contributed by atoms with van der Waals surface area (Å²) >= 11 is 0. The number of carbonyl (C=O) groups is 1. The maximum atomic E-state index is 12.9. The molecule has 2 aromatic rings. The lowest BCUT2D eigenvalue weighted by Crippen LogP contribution is -2.56. The third-order valence-electron chi connectivity index (χ3n) is 5.91. The van der Waals surface area contributed by atoms with E-state index < -0.39 is 11.9 Å². The molecule has 4 nitrogen and oxygen atoms in total. The lowest BCUT2D eigenvalue weighted by atomic mass is 9.82. The van der Waals surface area contributed by atoms with Crippen molar-refractivity contribution in [1.29, 1.82) is 0 Å². The molecule has 0 spiro atoms. The van der Waals surface area contributed by atoms with Gasteiger partial charge in [0.25, 0.3) is 0 Å². The van der Waals surface area contributed by atoms with Crippen LogP contribution in [0.3, 0.4) is 0 Å². The van der Waals surface area contributed by atoms with Gasteiger partial charge in [0.15, 0.2) is 5.78 Å². The van der Waals surface area contributed by atoms with E-state index in [1.807, 2.05) is 29.2 Å². The average molecular weight is 435 g/mol. The minimum atomic E-state index is -4.73. The molecule has 0 aliphatic carbocycles. The van der Waals surface area contributed by atoms with Crippen LogP contribution >= 0.6 is 0 Å². The topological polar surface area (TPSA) is 55.6 Å². The zero-order valence-corrected chi connectivity index (χ0v) is 17.9. The van der Waals surface area contributed by atoms with Crippen LogP contribution in [0.15, 0.2) is 48.5 Å². The standard InChI is InChI=1S/C24H29F3N2O2/c1-17(2)19-9-7-18(8-10-19)15-22(30)23(28)11-13-29(14-12-23)16-20-5-3-4-6-21(20)31-24(25,26)27/h3-10,17H,11-16,28H2,1-2H3. The van der Waals surface area contributed by atoms with Crippen molar-refractivity contribution in [2.75, 3.05) is 13.1 Å². The predicted octanol–water partition coefficient (Wildman–Crippen LogP) is 4.81. The van der Waals surface area contributed by atoms with E-state index in [1.165, 1.54) is 17.7 Å². The Kier molecular flexibility index (Phi) is 7.06. The van der Waals surface area contributed by atoms with Gasteiger partial charge in [-0.1, -0.05) is 56.3 Å². The molecular weight excluding hydrogens is 405 g/mol. The second-order valence-electron chi connectivity index (χ2n) is 8.58. The van der Waals surface area contributed by atoms with Gasteiger partial charge < -0.3 is 10.5 Å². The van der Waals surface area contributed by atoms with Crippen LogP contribution in [-0.2, 0) is 17.8 Å². The number of hydrogen-bond acceptors (Lipinski definition) is 4. The summed E-state index contributed by atoms with van der Waals surface area (Å²) in [6, 6.07) is 14.2. The highest BCUT2D eigenvalue weighted by atomic mass is 19.4. The Morgan fingerprint density at radius 1 is 1.10 bits per heavy atom. The van der Waals surface area contributed by atoms with Gasteiger partial charge in [0.05, 0.1) is 5.54 Å². The van der Waals surface area contributed by atoms with Crippen LogP contribution < -0.4 is 10.5 Å². The number of nitrogens with zero attached hydrogens (tertiary/aromatic N) is 1. The molecule has 1 fully saturated rings. The van der Waals surface area contributed by atoms with Crippen molar-refractivity contribution >= 4 is 5.78 Å². The van der Waals surface area contributed by atoms with Gasteiger partial charge >= 0.3 is 6.36 Å². The first-order chi connectivity index (χ1) is 14.6. The zero-order chi connectivity index (χ0) is 22.6. The first-order valence-corrected chi connectivity index (χ1v) is 10.5. The molecule has 2 aromatic carbocycles. The van der Waals surface area contributed by atoms with Crippen LogP contribution in [0.1, 0.15) is 49.3 Å². The number of para-hydroxylation sites is 1. The van der Waals surface area contributed by atoms with Crippen molar-refractivity contribution in [3.63, 3.8) is 0 Å². The van der Waals surface area contributed by atoms with Crippen molar-refractivity contribution in [2.45, 2.75) is 57.5 Å². The number of likely N-dealkylation sites (tertiary alicyclic amines) is 1. The molecule has 1 saturated heterocycles. The summed E-state index contributed by atoms with van der Waals surface area (Å²) < 4.78 is 42.1. The van der Waals surface area contributed by atoms with Crippen molar-refractivity contribution < 1.29 is 22.7 Å². The van der Waals surface area contributed by atoms with Crippen LogP contribution in [0.4, 0.5) is 13.2 Å². The molecular formula is C24H29F3N2O2. The molecule has 0 bridgehead atoms. The minimum absolute atomic E-state index is 0.00486. The lowest BCUT2D eigenvalue weighted by molar-refractivity contribution is -0.275. The van der Waals surface area contributed by atoms with E-state index in [9.17, 15) is 18.0 Å². The Hall–Kier alpha value is -2.38. The van der Waals surface area contributed by atoms with Gasteiger partial charge in [0.1, 0.15) is 5.75 Å². The summed E-state index contributed by atoms with van der Waals surface area (Å²) in [6.07, 6.45) is -3.50. The number of hydrogen-bond donors (Lipinski definition) is 1. The number of Topliss-reactive ketones (excluding diaryl/α,β-unsaturated/α-hetero) is 1.